The fourth-order valence-electron chi connectivity index (χ4n) is 3.22. The van der Waals surface area contributed by atoms with Crippen LogP contribution >= 0.6 is 7.14 Å². The van der Waals surface area contributed by atoms with E-state index in [1.807, 2.05) is 36.4 Å². The number of rotatable bonds is 1. The highest BCUT2D eigenvalue weighted by molar-refractivity contribution is 7.79. The van der Waals surface area contributed by atoms with Gasteiger partial charge in [0.25, 0.3) is 0 Å². The minimum Gasteiger partial charge on any atom is -0.314 e. The van der Waals surface area contributed by atoms with Gasteiger partial charge in [-0.25, -0.2) is 0 Å². The van der Waals surface area contributed by atoms with Crippen LogP contribution < -0.4 is 10.6 Å². The van der Waals surface area contributed by atoms with Crippen LogP contribution in [0.5, 0.6) is 0 Å². The van der Waals surface area contributed by atoms with Gasteiger partial charge in [0, 0.05) is 16.8 Å². The monoisotopic (exact) mass is 284 g/mol. The third-order valence-electron chi connectivity index (χ3n) is 4.36. The van der Waals surface area contributed by atoms with Gasteiger partial charge in [-0.05, 0) is 16.9 Å². The molecule has 0 amide bonds. The van der Waals surface area contributed by atoms with Crippen molar-refractivity contribution < 1.29 is 4.57 Å². The van der Waals surface area contributed by atoms with E-state index in [4.69, 9.17) is 0 Å². The third kappa shape index (κ3) is 2.05. The van der Waals surface area contributed by atoms with Crippen LogP contribution in [0.25, 0.3) is 0 Å². The fourth-order valence-corrected chi connectivity index (χ4v) is 6.79. The summed E-state index contributed by atoms with van der Waals surface area (Å²) >= 11 is 0. The Labute approximate surface area is 121 Å². The normalized spacial score (nSPS) is 25.4. The Kier molecular flexibility index (Phi) is 3.14. The predicted octanol–water partition coefficient (Wildman–Crippen LogP) is 4.14. The molecule has 20 heavy (non-hydrogen) atoms. The second-order valence-electron chi connectivity index (χ2n) is 6.74. The largest absolute Gasteiger partial charge is 0.314 e. The molecular formula is C18H21OP. The summed E-state index contributed by atoms with van der Waals surface area (Å²) in [5, 5.41) is 2.07. The average Bonchev–Trinajstić information content (AvgIpc) is 2.75. The van der Waals surface area contributed by atoms with Crippen LogP contribution in [-0.2, 0) is 4.57 Å². The van der Waals surface area contributed by atoms with E-state index in [1.54, 1.807) is 0 Å². The van der Waals surface area contributed by atoms with Gasteiger partial charge in [0.2, 0.25) is 0 Å². The highest BCUT2D eigenvalue weighted by atomic mass is 31.2. The first kappa shape index (κ1) is 13.6. The van der Waals surface area contributed by atoms with E-state index in [9.17, 15) is 4.57 Å². The van der Waals surface area contributed by atoms with Crippen LogP contribution in [0.3, 0.4) is 0 Å². The van der Waals surface area contributed by atoms with Gasteiger partial charge in [-0.15, -0.1) is 0 Å². The molecule has 1 nitrogen and oxygen atoms in total. The zero-order chi connectivity index (χ0) is 14.4. The maximum absolute atomic E-state index is 13.7. The molecule has 0 bridgehead atoms. The number of hydrogen-bond donors (Lipinski definition) is 0. The third-order valence-corrected chi connectivity index (χ3v) is 7.56. The molecule has 3 rings (SSSR count). The summed E-state index contributed by atoms with van der Waals surface area (Å²) < 4.78 is 13.7. The molecule has 1 unspecified atom stereocenters. The van der Waals surface area contributed by atoms with Crippen molar-refractivity contribution in [2.24, 2.45) is 5.41 Å². The molecule has 1 aliphatic heterocycles. The smallest absolute Gasteiger partial charge is 0.144 e. The Morgan fingerprint density at radius 2 is 1.55 bits per heavy atom. The van der Waals surface area contributed by atoms with Gasteiger partial charge in [-0.2, -0.15) is 0 Å². The second-order valence-corrected chi connectivity index (χ2v) is 9.58. The summed E-state index contributed by atoms with van der Waals surface area (Å²) in [6.07, 6.45) is 0.764. The lowest BCUT2D eigenvalue weighted by Gasteiger charge is -2.27. The zero-order valence-electron chi connectivity index (χ0n) is 12.3. The lowest BCUT2D eigenvalue weighted by Crippen LogP contribution is -2.19. The van der Waals surface area contributed by atoms with Crippen molar-refractivity contribution in [3.63, 3.8) is 0 Å². The summed E-state index contributed by atoms with van der Waals surface area (Å²) in [7, 11) is -2.46. The van der Waals surface area contributed by atoms with Crippen molar-refractivity contribution in [3.05, 3.63) is 60.2 Å². The highest BCUT2D eigenvalue weighted by Crippen LogP contribution is 2.57. The standard InChI is InChI=1S/C18H21OP/c1-18(2,3)16-13-20(19,14-9-5-4-6-10-14)17-12-8-7-11-15(16)17/h4-12,16H,13H2,1-3H3/t16-,20?/m0/s1. The maximum Gasteiger partial charge on any atom is 0.144 e. The van der Waals surface area contributed by atoms with E-state index in [-0.39, 0.29) is 5.41 Å². The van der Waals surface area contributed by atoms with Crippen LogP contribution in [-0.4, -0.2) is 6.16 Å². The van der Waals surface area contributed by atoms with Crippen LogP contribution in [0.4, 0.5) is 0 Å². The average molecular weight is 284 g/mol. The van der Waals surface area contributed by atoms with Crippen molar-refractivity contribution in [3.8, 4) is 0 Å². The Balaban J connectivity index is 2.20. The topological polar surface area (TPSA) is 17.1 Å². The van der Waals surface area contributed by atoms with Crippen molar-refractivity contribution >= 4 is 17.8 Å². The zero-order valence-corrected chi connectivity index (χ0v) is 13.2. The molecule has 2 aromatic carbocycles. The highest BCUT2D eigenvalue weighted by Gasteiger charge is 2.44. The van der Waals surface area contributed by atoms with Crippen LogP contribution in [0.1, 0.15) is 32.3 Å². The molecule has 0 N–H and O–H groups in total. The minimum atomic E-state index is -2.46. The van der Waals surface area contributed by atoms with E-state index < -0.39 is 7.14 Å². The molecule has 104 valence electrons. The molecule has 2 aromatic rings. The van der Waals surface area contributed by atoms with E-state index in [0.717, 1.165) is 16.8 Å². The molecule has 0 aliphatic carbocycles. The maximum atomic E-state index is 13.7. The Morgan fingerprint density at radius 1 is 0.950 bits per heavy atom. The lowest BCUT2D eigenvalue weighted by molar-refractivity contribution is 0.345. The lowest BCUT2D eigenvalue weighted by atomic mass is 9.78. The molecule has 1 heterocycles. The van der Waals surface area contributed by atoms with Crippen LogP contribution in [0.2, 0.25) is 0 Å². The number of benzene rings is 2. The first-order valence-corrected chi connectivity index (χ1v) is 9.06. The summed E-state index contributed by atoms with van der Waals surface area (Å²) in [4.78, 5) is 0. The van der Waals surface area contributed by atoms with Gasteiger partial charge in [-0.3, -0.25) is 0 Å². The van der Waals surface area contributed by atoms with Gasteiger partial charge in [-0.1, -0.05) is 75.4 Å². The summed E-state index contributed by atoms with van der Waals surface area (Å²) in [5.74, 6) is 0.365. The Morgan fingerprint density at radius 3 is 2.20 bits per heavy atom. The van der Waals surface area contributed by atoms with E-state index in [1.165, 1.54) is 5.56 Å². The van der Waals surface area contributed by atoms with Gasteiger partial charge >= 0.3 is 0 Å². The quantitative estimate of drug-likeness (QED) is 0.719. The molecule has 0 aromatic heterocycles. The van der Waals surface area contributed by atoms with Crippen molar-refractivity contribution in [2.75, 3.05) is 6.16 Å². The first-order valence-electron chi connectivity index (χ1n) is 7.17. The van der Waals surface area contributed by atoms with E-state index >= 15 is 0 Å². The van der Waals surface area contributed by atoms with Crippen LogP contribution in [0, 0.1) is 5.41 Å². The molecule has 0 fully saturated rings. The fraction of sp³-hybridized carbons (Fsp3) is 0.333. The van der Waals surface area contributed by atoms with Gasteiger partial charge in [0.15, 0.2) is 0 Å². The van der Waals surface area contributed by atoms with E-state index in [2.05, 4.69) is 39.0 Å². The molecule has 2 heteroatoms. The van der Waals surface area contributed by atoms with Gasteiger partial charge in [0.05, 0.1) is 0 Å². The molecular weight excluding hydrogens is 263 g/mol. The number of fused-ring (bicyclic) bond motifs is 1. The Bertz CT molecular complexity index is 667. The SMILES string of the molecule is CC(C)(C)[C@H]1CP(=O)(c2ccccc2)c2ccccc21. The summed E-state index contributed by atoms with van der Waals surface area (Å²) in [6, 6.07) is 18.3. The van der Waals surface area contributed by atoms with Gasteiger partial charge < -0.3 is 4.57 Å². The molecule has 2 atom stereocenters. The number of hydrogen-bond acceptors (Lipinski definition) is 1. The molecule has 0 saturated carbocycles. The van der Waals surface area contributed by atoms with E-state index in [0.29, 0.717) is 5.92 Å². The summed E-state index contributed by atoms with van der Waals surface area (Å²) in [6.45, 7) is 6.74. The van der Waals surface area contributed by atoms with Crippen LogP contribution in [0.15, 0.2) is 54.6 Å². The summed E-state index contributed by atoms with van der Waals surface area (Å²) in [5.41, 5.74) is 1.42. The molecule has 0 spiro atoms. The molecule has 0 saturated heterocycles. The van der Waals surface area contributed by atoms with Crippen molar-refractivity contribution in [1.82, 2.24) is 0 Å². The second kappa shape index (κ2) is 4.60. The first-order chi connectivity index (χ1) is 9.43. The Hall–Kier alpha value is -1.33. The minimum absolute atomic E-state index is 0.136. The molecule has 1 aliphatic rings. The van der Waals surface area contributed by atoms with Crippen molar-refractivity contribution in [1.29, 1.82) is 0 Å². The van der Waals surface area contributed by atoms with Gasteiger partial charge in [0.1, 0.15) is 7.14 Å². The molecule has 0 radical (unpaired) electrons. The predicted molar refractivity (Wildman–Crippen MR) is 86.8 cm³/mol. The van der Waals surface area contributed by atoms with Crippen molar-refractivity contribution in [2.45, 2.75) is 26.7 Å².